The molecule has 0 saturated heterocycles. The number of ether oxygens (including phenoxy) is 2. The minimum Gasteiger partial charge on any atom is -0.494 e. The lowest BCUT2D eigenvalue weighted by atomic mass is 10.2. The quantitative estimate of drug-likeness (QED) is 0.437. The van der Waals surface area contributed by atoms with Crippen molar-refractivity contribution in [1.29, 1.82) is 0 Å². The van der Waals surface area contributed by atoms with E-state index in [1.54, 1.807) is 0 Å². The number of anilines is 2. The first kappa shape index (κ1) is 18.6. The van der Waals surface area contributed by atoms with Crippen molar-refractivity contribution in [3.05, 3.63) is 46.4 Å². The van der Waals surface area contributed by atoms with Gasteiger partial charge in [-0.2, -0.15) is 0 Å². The molecule has 0 unspecified atom stereocenters. The number of nitrogen functional groups attached to an aromatic ring is 1. The molecule has 1 amide bonds. The molecule has 2 rings (SSSR count). The maximum absolute atomic E-state index is 12.2. The summed E-state index contributed by atoms with van der Waals surface area (Å²) < 4.78 is 10.0. The molecule has 1 aromatic carbocycles. The summed E-state index contributed by atoms with van der Waals surface area (Å²) in [4.78, 5) is 41.8. The maximum Gasteiger partial charge on any atom is 0.361 e. The Hall–Kier alpha value is -3.76. The molecule has 26 heavy (non-hydrogen) atoms. The Bertz CT molecular complexity index is 856. The van der Waals surface area contributed by atoms with Gasteiger partial charge in [0.2, 0.25) is 0 Å². The van der Waals surface area contributed by atoms with Crippen LogP contribution >= 0.6 is 0 Å². The second-order valence-corrected chi connectivity index (χ2v) is 4.97. The van der Waals surface area contributed by atoms with Gasteiger partial charge < -0.3 is 20.5 Å². The van der Waals surface area contributed by atoms with Gasteiger partial charge in [-0.1, -0.05) is 0 Å². The number of esters is 1. The van der Waals surface area contributed by atoms with Crippen molar-refractivity contribution in [2.24, 2.45) is 0 Å². The van der Waals surface area contributed by atoms with Crippen molar-refractivity contribution in [2.45, 2.75) is 13.0 Å². The number of benzene rings is 1. The van der Waals surface area contributed by atoms with Crippen LogP contribution in [0.1, 0.15) is 17.4 Å². The number of amides is 1. The fourth-order valence-corrected chi connectivity index (χ4v) is 1.91. The molecule has 0 aliphatic heterocycles. The van der Waals surface area contributed by atoms with Gasteiger partial charge in [0.05, 0.1) is 23.8 Å². The third kappa shape index (κ3) is 4.20. The first-order chi connectivity index (χ1) is 12.3. The average molecular weight is 361 g/mol. The molecule has 1 heterocycles. The third-order valence-corrected chi connectivity index (χ3v) is 3.23. The molecule has 0 aliphatic rings. The first-order valence-corrected chi connectivity index (χ1v) is 7.24. The van der Waals surface area contributed by atoms with Gasteiger partial charge in [0.15, 0.2) is 17.6 Å². The fraction of sp³-hybridized carbons (Fsp3) is 0.200. The van der Waals surface area contributed by atoms with E-state index in [1.165, 1.54) is 38.6 Å². The van der Waals surface area contributed by atoms with Gasteiger partial charge >= 0.3 is 5.97 Å². The normalized spacial score (nSPS) is 11.3. The molecule has 1 atom stereocenters. The molecule has 0 saturated carbocycles. The summed E-state index contributed by atoms with van der Waals surface area (Å²) >= 11 is 0. The van der Waals surface area contributed by atoms with Gasteiger partial charge in [-0.15, -0.1) is 0 Å². The van der Waals surface area contributed by atoms with Gasteiger partial charge in [0, 0.05) is 18.5 Å². The minimum atomic E-state index is -1.19. The number of nitrogens with one attached hydrogen (secondary N) is 1. The number of hydrogen-bond donors (Lipinski definition) is 2. The molecular formula is C15H15N5O6. The Kier molecular flexibility index (Phi) is 5.63. The Morgan fingerprint density at radius 3 is 2.62 bits per heavy atom. The number of nitrogens with zero attached hydrogens (tertiary/aromatic N) is 3. The largest absolute Gasteiger partial charge is 0.494 e. The van der Waals surface area contributed by atoms with E-state index < -0.39 is 22.9 Å². The van der Waals surface area contributed by atoms with Crippen LogP contribution in [0.3, 0.4) is 0 Å². The molecule has 0 bridgehead atoms. The zero-order valence-electron chi connectivity index (χ0n) is 13.8. The molecular weight excluding hydrogens is 346 g/mol. The predicted molar refractivity (Wildman–Crippen MR) is 89.6 cm³/mol. The minimum absolute atomic E-state index is 0.0873. The van der Waals surface area contributed by atoms with Crippen molar-refractivity contribution in [1.82, 2.24) is 9.97 Å². The zero-order chi connectivity index (χ0) is 19.3. The van der Waals surface area contributed by atoms with Crippen LogP contribution in [-0.2, 0) is 9.53 Å². The van der Waals surface area contributed by atoms with Crippen LogP contribution in [-0.4, -0.2) is 40.0 Å². The van der Waals surface area contributed by atoms with Gasteiger partial charge in [-0.3, -0.25) is 14.9 Å². The highest BCUT2D eigenvalue weighted by molar-refractivity contribution is 5.98. The van der Waals surface area contributed by atoms with Crippen molar-refractivity contribution in [3.63, 3.8) is 0 Å². The van der Waals surface area contributed by atoms with E-state index in [0.29, 0.717) is 0 Å². The van der Waals surface area contributed by atoms with E-state index in [2.05, 4.69) is 15.3 Å². The van der Waals surface area contributed by atoms with Crippen LogP contribution in [0.25, 0.3) is 0 Å². The molecule has 0 radical (unpaired) electrons. The lowest BCUT2D eigenvalue weighted by molar-refractivity contribution is -0.384. The lowest BCUT2D eigenvalue weighted by Crippen LogP contribution is -2.30. The summed E-state index contributed by atoms with van der Waals surface area (Å²) in [5.41, 5.74) is 5.31. The molecule has 0 spiro atoms. The van der Waals surface area contributed by atoms with E-state index in [9.17, 15) is 19.7 Å². The predicted octanol–water partition coefficient (Wildman–Crippen LogP) is 1.16. The number of hydrogen-bond acceptors (Lipinski definition) is 9. The van der Waals surface area contributed by atoms with E-state index in [0.717, 1.165) is 6.07 Å². The van der Waals surface area contributed by atoms with E-state index in [1.807, 2.05) is 0 Å². The second kappa shape index (κ2) is 7.88. The molecule has 11 heteroatoms. The highest BCUT2D eigenvalue weighted by Gasteiger charge is 2.23. The smallest absolute Gasteiger partial charge is 0.361 e. The Morgan fingerprint density at radius 1 is 1.31 bits per heavy atom. The van der Waals surface area contributed by atoms with Crippen molar-refractivity contribution < 1.29 is 24.0 Å². The van der Waals surface area contributed by atoms with Gasteiger partial charge in [0.25, 0.3) is 11.6 Å². The molecule has 2 aromatic rings. The van der Waals surface area contributed by atoms with E-state index in [4.69, 9.17) is 15.2 Å². The molecule has 3 N–H and O–H groups in total. The highest BCUT2D eigenvalue weighted by atomic mass is 16.6. The zero-order valence-corrected chi connectivity index (χ0v) is 13.8. The number of nitro benzene ring substituents is 1. The number of aromatic nitrogens is 2. The summed E-state index contributed by atoms with van der Waals surface area (Å²) in [5, 5.41) is 13.2. The number of carbonyl (C=O) groups is 2. The summed E-state index contributed by atoms with van der Waals surface area (Å²) in [5.74, 6) is -1.62. The van der Waals surface area contributed by atoms with Crippen LogP contribution in [0.2, 0.25) is 0 Å². The Balaban J connectivity index is 2.08. The molecule has 136 valence electrons. The SMILES string of the molecule is COc1cc([N+](=O)[O-])ccc1NC(=O)[C@@H](C)OC(=O)c1nccnc1N. The molecule has 1 aromatic heterocycles. The third-order valence-electron chi connectivity index (χ3n) is 3.23. The fourth-order valence-electron chi connectivity index (χ4n) is 1.91. The summed E-state index contributed by atoms with van der Waals surface area (Å²) in [6.45, 7) is 1.34. The number of nitro groups is 1. The molecule has 11 nitrogen and oxygen atoms in total. The van der Waals surface area contributed by atoms with Gasteiger partial charge in [0.1, 0.15) is 5.75 Å². The van der Waals surface area contributed by atoms with Crippen LogP contribution in [0.4, 0.5) is 17.2 Å². The van der Waals surface area contributed by atoms with E-state index >= 15 is 0 Å². The standard InChI is InChI=1S/C15H15N5O6/c1-8(26-15(22)12-13(16)18-6-5-17-12)14(21)19-10-4-3-9(20(23)24)7-11(10)25-2/h3-8H,1-2H3,(H2,16,18)(H,19,21)/t8-/m1/s1. The number of rotatable bonds is 6. The number of non-ortho nitro benzene ring substituents is 1. The highest BCUT2D eigenvalue weighted by Crippen LogP contribution is 2.29. The van der Waals surface area contributed by atoms with E-state index in [-0.39, 0.29) is 28.6 Å². The van der Waals surface area contributed by atoms with Crippen molar-refractivity contribution in [3.8, 4) is 5.75 Å². The Morgan fingerprint density at radius 2 is 2.00 bits per heavy atom. The maximum atomic E-state index is 12.2. The Labute approximate surface area is 147 Å². The summed E-state index contributed by atoms with van der Waals surface area (Å²) in [6.07, 6.45) is 1.38. The monoisotopic (exact) mass is 361 g/mol. The first-order valence-electron chi connectivity index (χ1n) is 7.24. The summed E-state index contributed by atoms with van der Waals surface area (Å²) in [7, 11) is 1.30. The van der Waals surface area contributed by atoms with Crippen molar-refractivity contribution >= 4 is 29.1 Å². The lowest BCUT2D eigenvalue weighted by Gasteiger charge is -2.15. The van der Waals surface area contributed by atoms with Crippen LogP contribution in [0.15, 0.2) is 30.6 Å². The number of nitrogens with two attached hydrogens (primary N) is 1. The average Bonchev–Trinajstić information content (AvgIpc) is 2.61. The topological polar surface area (TPSA) is 160 Å². The van der Waals surface area contributed by atoms with Crippen LogP contribution < -0.4 is 15.8 Å². The van der Waals surface area contributed by atoms with Gasteiger partial charge in [-0.05, 0) is 13.0 Å². The van der Waals surface area contributed by atoms with Crippen molar-refractivity contribution in [2.75, 3.05) is 18.2 Å². The van der Waals surface area contributed by atoms with Crippen LogP contribution in [0.5, 0.6) is 5.75 Å². The number of carbonyl (C=O) groups excluding carboxylic acids is 2. The number of methoxy groups -OCH3 is 1. The van der Waals surface area contributed by atoms with Gasteiger partial charge in [-0.25, -0.2) is 14.8 Å². The second-order valence-electron chi connectivity index (χ2n) is 4.97. The molecule has 0 aliphatic carbocycles. The summed E-state index contributed by atoms with van der Waals surface area (Å²) in [6, 6.07) is 3.67. The molecule has 0 fully saturated rings. The van der Waals surface area contributed by atoms with Crippen LogP contribution in [0, 0.1) is 10.1 Å².